The van der Waals surface area contributed by atoms with Gasteiger partial charge in [-0.05, 0) is 31.2 Å². The van der Waals surface area contributed by atoms with Crippen molar-refractivity contribution in [3.63, 3.8) is 0 Å². The molecule has 3 rings (SSSR count). The molecule has 0 unspecified atom stereocenters. The number of rotatable bonds is 3. The van der Waals surface area contributed by atoms with Crippen molar-refractivity contribution in [3.8, 4) is 11.4 Å². The van der Waals surface area contributed by atoms with Gasteiger partial charge in [-0.15, -0.1) is 0 Å². The first-order valence-corrected chi connectivity index (χ1v) is 6.92. The fourth-order valence-electron chi connectivity index (χ4n) is 2.19. The van der Waals surface area contributed by atoms with Crippen LogP contribution in [-0.4, -0.2) is 16.5 Å². The highest BCUT2D eigenvalue weighted by molar-refractivity contribution is 6.35. The Kier molecular flexibility index (Phi) is 3.52. The molecule has 100 valence electrons. The van der Waals surface area contributed by atoms with Gasteiger partial charge in [0.15, 0.2) is 0 Å². The van der Waals surface area contributed by atoms with Crippen LogP contribution in [0.25, 0.3) is 22.3 Å². The summed E-state index contributed by atoms with van der Waals surface area (Å²) in [6.45, 7) is 2.89. The summed E-state index contributed by atoms with van der Waals surface area (Å²) in [5.74, 6) is 0. The number of nitrogens with one attached hydrogen (secondary N) is 1. The summed E-state index contributed by atoms with van der Waals surface area (Å²) in [5, 5.41) is 5.02. The third-order valence-corrected chi connectivity index (χ3v) is 3.38. The van der Waals surface area contributed by atoms with E-state index in [-0.39, 0.29) is 0 Å². The van der Waals surface area contributed by atoms with E-state index >= 15 is 0 Å². The Labute approximate surface area is 122 Å². The molecule has 0 aliphatic carbocycles. The molecule has 2 aromatic heterocycles. The number of hydrogen-bond donors (Lipinski definition) is 1. The maximum Gasteiger partial charge on any atom is 0.112 e. The summed E-state index contributed by atoms with van der Waals surface area (Å²) < 4.78 is 0. The van der Waals surface area contributed by atoms with Crippen molar-refractivity contribution in [1.29, 1.82) is 0 Å². The number of benzene rings is 1. The molecule has 3 nitrogen and oxygen atoms in total. The molecule has 0 saturated heterocycles. The SMILES string of the molecule is CCNc1cc2cccc(Cl)c2nc1-c1ccccn1. The second-order valence-electron chi connectivity index (χ2n) is 4.44. The number of nitrogens with zero attached hydrogens (tertiary/aromatic N) is 2. The molecule has 0 amide bonds. The average molecular weight is 284 g/mol. The Morgan fingerprint density at radius 1 is 1.15 bits per heavy atom. The standard InChI is InChI=1S/C16H14ClN3/c1-2-18-14-10-11-6-5-7-12(17)15(11)20-16(14)13-8-3-4-9-19-13/h3-10,18H,2H2,1H3. The van der Waals surface area contributed by atoms with Gasteiger partial charge in [0.1, 0.15) is 5.69 Å². The van der Waals surface area contributed by atoms with Crippen molar-refractivity contribution in [2.24, 2.45) is 0 Å². The first-order valence-electron chi connectivity index (χ1n) is 6.54. The van der Waals surface area contributed by atoms with E-state index in [2.05, 4.69) is 23.3 Å². The van der Waals surface area contributed by atoms with Crippen molar-refractivity contribution in [2.75, 3.05) is 11.9 Å². The topological polar surface area (TPSA) is 37.8 Å². The van der Waals surface area contributed by atoms with Crippen molar-refractivity contribution in [2.45, 2.75) is 6.92 Å². The Morgan fingerprint density at radius 3 is 2.80 bits per heavy atom. The molecule has 0 fully saturated rings. The van der Waals surface area contributed by atoms with Gasteiger partial charge >= 0.3 is 0 Å². The lowest BCUT2D eigenvalue weighted by atomic mass is 10.1. The van der Waals surface area contributed by atoms with Crippen LogP contribution in [0.15, 0.2) is 48.7 Å². The van der Waals surface area contributed by atoms with Gasteiger partial charge in [0.2, 0.25) is 0 Å². The fourth-order valence-corrected chi connectivity index (χ4v) is 2.41. The molecule has 0 aliphatic rings. The molecule has 0 atom stereocenters. The number of hydrogen-bond acceptors (Lipinski definition) is 3. The van der Waals surface area contributed by atoms with E-state index in [1.807, 2.05) is 36.4 Å². The van der Waals surface area contributed by atoms with Crippen LogP contribution in [-0.2, 0) is 0 Å². The number of fused-ring (bicyclic) bond motifs is 1. The quantitative estimate of drug-likeness (QED) is 0.775. The molecule has 4 heteroatoms. The van der Waals surface area contributed by atoms with E-state index in [0.29, 0.717) is 5.02 Å². The van der Waals surface area contributed by atoms with E-state index in [9.17, 15) is 0 Å². The van der Waals surface area contributed by atoms with E-state index in [0.717, 1.165) is 34.5 Å². The highest BCUT2D eigenvalue weighted by atomic mass is 35.5. The summed E-state index contributed by atoms with van der Waals surface area (Å²) in [4.78, 5) is 9.09. The number of pyridine rings is 2. The van der Waals surface area contributed by atoms with Crippen LogP contribution in [0.4, 0.5) is 5.69 Å². The van der Waals surface area contributed by atoms with E-state index < -0.39 is 0 Å². The van der Waals surface area contributed by atoms with Crippen LogP contribution in [0.3, 0.4) is 0 Å². The van der Waals surface area contributed by atoms with Crippen LogP contribution in [0, 0.1) is 0 Å². The minimum absolute atomic E-state index is 0.655. The maximum atomic E-state index is 6.24. The van der Waals surface area contributed by atoms with Gasteiger partial charge in [0, 0.05) is 18.1 Å². The first kappa shape index (κ1) is 12.9. The first-order chi connectivity index (χ1) is 9.79. The lowest BCUT2D eigenvalue weighted by Gasteiger charge is -2.11. The van der Waals surface area contributed by atoms with E-state index in [4.69, 9.17) is 16.6 Å². The molecule has 2 heterocycles. The Bertz CT molecular complexity index is 741. The van der Waals surface area contributed by atoms with Crippen LogP contribution >= 0.6 is 11.6 Å². The van der Waals surface area contributed by atoms with Crippen LogP contribution < -0.4 is 5.32 Å². The molecule has 1 N–H and O–H groups in total. The minimum Gasteiger partial charge on any atom is -0.383 e. The molecule has 3 aromatic rings. The molecule has 0 radical (unpaired) electrons. The van der Waals surface area contributed by atoms with Crippen molar-refractivity contribution < 1.29 is 0 Å². The number of anilines is 1. The molecule has 0 saturated carbocycles. The van der Waals surface area contributed by atoms with Gasteiger partial charge < -0.3 is 5.32 Å². The summed E-state index contributed by atoms with van der Waals surface area (Å²) in [5.41, 5.74) is 3.44. The second kappa shape index (κ2) is 5.47. The molecular weight excluding hydrogens is 270 g/mol. The summed E-state index contributed by atoms with van der Waals surface area (Å²) >= 11 is 6.24. The predicted octanol–water partition coefficient (Wildman–Crippen LogP) is 4.38. The smallest absolute Gasteiger partial charge is 0.112 e. The van der Waals surface area contributed by atoms with Gasteiger partial charge in [-0.25, -0.2) is 4.98 Å². The average Bonchev–Trinajstić information content (AvgIpc) is 2.48. The fraction of sp³-hybridized carbons (Fsp3) is 0.125. The minimum atomic E-state index is 0.655. The Balaban J connectivity index is 2.28. The van der Waals surface area contributed by atoms with Crippen molar-refractivity contribution in [1.82, 2.24) is 9.97 Å². The molecule has 0 bridgehead atoms. The Morgan fingerprint density at radius 2 is 2.05 bits per heavy atom. The van der Waals surface area contributed by atoms with Gasteiger partial charge in [-0.1, -0.05) is 29.8 Å². The summed E-state index contributed by atoms with van der Waals surface area (Å²) in [7, 11) is 0. The lowest BCUT2D eigenvalue weighted by Crippen LogP contribution is -2.01. The molecule has 1 aromatic carbocycles. The monoisotopic (exact) mass is 283 g/mol. The molecule has 20 heavy (non-hydrogen) atoms. The van der Waals surface area contributed by atoms with Crippen LogP contribution in [0.1, 0.15) is 6.92 Å². The largest absolute Gasteiger partial charge is 0.383 e. The zero-order chi connectivity index (χ0) is 13.9. The second-order valence-corrected chi connectivity index (χ2v) is 4.85. The molecule has 0 aliphatic heterocycles. The highest BCUT2D eigenvalue weighted by Crippen LogP contribution is 2.31. The van der Waals surface area contributed by atoms with Gasteiger partial charge in [-0.3, -0.25) is 4.98 Å². The summed E-state index contributed by atoms with van der Waals surface area (Å²) in [6, 6.07) is 13.7. The van der Waals surface area contributed by atoms with Crippen molar-refractivity contribution in [3.05, 3.63) is 53.7 Å². The third kappa shape index (κ3) is 2.32. The maximum absolute atomic E-state index is 6.24. The van der Waals surface area contributed by atoms with E-state index in [1.54, 1.807) is 6.20 Å². The van der Waals surface area contributed by atoms with Crippen molar-refractivity contribution >= 4 is 28.2 Å². The van der Waals surface area contributed by atoms with Crippen LogP contribution in [0.5, 0.6) is 0 Å². The van der Waals surface area contributed by atoms with Gasteiger partial charge in [0.25, 0.3) is 0 Å². The number of aromatic nitrogens is 2. The zero-order valence-corrected chi connectivity index (χ0v) is 11.9. The predicted molar refractivity (Wildman–Crippen MR) is 84.1 cm³/mol. The number of para-hydroxylation sites is 1. The molecular formula is C16H14ClN3. The van der Waals surface area contributed by atoms with E-state index in [1.165, 1.54) is 0 Å². The third-order valence-electron chi connectivity index (χ3n) is 3.07. The number of halogens is 1. The van der Waals surface area contributed by atoms with Gasteiger partial charge in [0.05, 0.1) is 21.9 Å². The highest BCUT2D eigenvalue weighted by Gasteiger charge is 2.11. The lowest BCUT2D eigenvalue weighted by molar-refractivity contribution is 1.19. The summed E-state index contributed by atoms with van der Waals surface area (Å²) in [6.07, 6.45) is 1.77. The van der Waals surface area contributed by atoms with Crippen LogP contribution in [0.2, 0.25) is 5.02 Å². The molecule has 0 spiro atoms. The zero-order valence-electron chi connectivity index (χ0n) is 11.1. The van der Waals surface area contributed by atoms with Gasteiger partial charge in [-0.2, -0.15) is 0 Å². The Hall–Kier alpha value is -2.13. The normalized spacial score (nSPS) is 10.7.